The van der Waals surface area contributed by atoms with E-state index in [9.17, 15) is 8.42 Å². The molecule has 0 saturated carbocycles. The van der Waals surface area contributed by atoms with Gasteiger partial charge in [-0.2, -0.15) is 8.42 Å². The fourth-order valence-corrected chi connectivity index (χ4v) is 3.33. The second-order valence-electron chi connectivity index (χ2n) is 5.85. The Kier molecular flexibility index (Phi) is 20.9. The molecule has 180 valence electrons. The molecule has 0 amide bonds. The normalized spacial score (nSPS) is 8.88. The second-order valence-corrected chi connectivity index (χ2v) is 7.21. The van der Waals surface area contributed by atoms with E-state index < -0.39 is 10.1 Å². The minimum atomic E-state index is -4.08. The Hall–Kier alpha value is -2.24. The zero-order valence-corrected chi connectivity index (χ0v) is 23.0. The first kappa shape index (κ1) is 34.4. The van der Waals surface area contributed by atoms with Crippen LogP contribution in [0.4, 0.5) is 0 Å². The van der Waals surface area contributed by atoms with E-state index in [0.717, 1.165) is 5.56 Å². The number of nitrogens with zero attached hydrogens (tertiary/aromatic N) is 2. The maximum absolute atomic E-state index is 10.9. The molecule has 9 heteroatoms. The third-order valence-electron chi connectivity index (χ3n) is 3.34. The molecule has 2 heterocycles. The van der Waals surface area contributed by atoms with Crippen molar-refractivity contribution in [3.05, 3.63) is 90.0 Å². The van der Waals surface area contributed by atoms with E-state index in [2.05, 4.69) is 0 Å². The maximum Gasteiger partial charge on any atom is 0.295 e. The monoisotopic (exact) mass is 577 g/mol. The van der Waals surface area contributed by atoms with Crippen molar-refractivity contribution in [2.24, 2.45) is 0 Å². The fourth-order valence-electron chi connectivity index (χ4n) is 2.40. The zero-order chi connectivity index (χ0) is 24.4. The molecule has 3 aromatic rings. The number of aromatic nitrogens is 2. The predicted molar refractivity (Wildman–Crippen MR) is 127 cm³/mol. The van der Waals surface area contributed by atoms with Gasteiger partial charge in [-0.25, -0.2) is 11.7 Å². The number of benzene rings is 1. The van der Waals surface area contributed by atoms with Gasteiger partial charge in [-0.15, -0.1) is 0 Å². The number of hydrogen-bond acceptors (Lipinski definition) is 4. The van der Waals surface area contributed by atoms with E-state index in [1.807, 2.05) is 71.0 Å². The van der Waals surface area contributed by atoms with E-state index in [1.165, 1.54) is 9.35 Å². The second kappa shape index (κ2) is 19.4. The van der Waals surface area contributed by atoms with Gasteiger partial charge >= 0.3 is 0 Å². The lowest BCUT2D eigenvalue weighted by Crippen LogP contribution is -3.00. The summed E-state index contributed by atoms with van der Waals surface area (Å²) in [4.78, 5) is 0.0260. The number of nitrogen functional groups attached to an aromatic ring is 2. The molecule has 1 aromatic carbocycles. The topological polar surface area (TPSA) is 114 Å². The smallest absolute Gasteiger partial charge is 0.295 e. The van der Waals surface area contributed by atoms with Crippen LogP contribution in [0, 0.1) is 20.8 Å². The number of aryl methyl sites for hydroxylation is 3. The van der Waals surface area contributed by atoms with Crippen LogP contribution in [0.2, 0.25) is 0 Å². The number of hydrogen-bond donors (Lipinski definition) is 3. The van der Waals surface area contributed by atoms with Crippen molar-refractivity contribution in [3.8, 4) is 0 Å². The van der Waals surface area contributed by atoms with Crippen molar-refractivity contribution < 1.29 is 46.3 Å². The molecular formula is C23H38IN4O3S+. The van der Waals surface area contributed by atoms with Crippen molar-refractivity contribution >= 4 is 10.1 Å². The highest BCUT2D eigenvalue weighted by Crippen LogP contribution is 2.20. The van der Waals surface area contributed by atoms with Crippen LogP contribution in [0.15, 0.2) is 78.2 Å². The summed E-state index contributed by atoms with van der Waals surface area (Å²) in [6.45, 7) is 13.2. The Bertz CT molecular complexity index is 895. The van der Waals surface area contributed by atoms with Crippen LogP contribution in [-0.4, -0.2) is 13.0 Å². The molecule has 0 radical (unpaired) electrons. The molecule has 0 spiro atoms. The first-order valence-electron chi connectivity index (χ1n) is 10.1. The Morgan fingerprint density at radius 1 is 0.688 bits per heavy atom. The van der Waals surface area contributed by atoms with E-state index in [-0.39, 0.29) is 28.9 Å². The first-order chi connectivity index (χ1) is 14.6. The van der Waals surface area contributed by atoms with Gasteiger partial charge in [-0.05, 0) is 31.9 Å². The molecule has 0 atom stereocenters. The largest absolute Gasteiger partial charge is 1.00 e. The molecule has 0 saturated heterocycles. The lowest BCUT2D eigenvalue weighted by Gasteiger charge is -2.07. The van der Waals surface area contributed by atoms with Gasteiger partial charge in [0.2, 0.25) is 0 Å². The summed E-state index contributed by atoms with van der Waals surface area (Å²) in [7, 11) is -4.08. The van der Waals surface area contributed by atoms with Crippen molar-refractivity contribution in [1.29, 1.82) is 0 Å². The summed E-state index contributed by atoms with van der Waals surface area (Å²) < 4.78 is 33.8. The summed E-state index contributed by atoms with van der Waals surface area (Å²) in [6.07, 6.45) is 7.11. The molecule has 0 fully saturated rings. The minimum absolute atomic E-state index is 0. The molecule has 7 nitrogen and oxygen atoms in total. The third kappa shape index (κ3) is 15.5. The molecule has 32 heavy (non-hydrogen) atoms. The molecule has 0 aliphatic rings. The van der Waals surface area contributed by atoms with Gasteiger partial charge in [0.25, 0.3) is 10.1 Å². The number of rotatable bonds is 1. The molecule has 2 aromatic heterocycles. The first-order valence-corrected chi connectivity index (χ1v) is 11.5. The lowest BCUT2D eigenvalue weighted by molar-refractivity contribution is -0.639. The van der Waals surface area contributed by atoms with Crippen LogP contribution in [0.5, 0.6) is 0 Å². The van der Waals surface area contributed by atoms with E-state index in [0.29, 0.717) is 11.1 Å². The highest BCUT2D eigenvalue weighted by atomic mass is 127. The Balaban J connectivity index is -0.000000380. The van der Waals surface area contributed by atoms with Gasteiger partial charge < -0.3 is 24.0 Å². The quantitative estimate of drug-likeness (QED) is 0.167. The predicted octanol–water partition coefficient (Wildman–Crippen LogP) is 0.291. The summed E-state index contributed by atoms with van der Waals surface area (Å²) in [5.41, 5.74) is 2.16. The molecular weight excluding hydrogens is 539 g/mol. The van der Waals surface area contributed by atoms with Gasteiger partial charge in [-0.3, -0.25) is 4.55 Å². The maximum atomic E-state index is 10.9. The molecule has 0 bridgehead atoms. The Morgan fingerprint density at radius 2 is 0.969 bits per heavy atom. The summed E-state index contributed by atoms with van der Waals surface area (Å²) in [5.74, 6) is 10.5. The van der Waals surface area contributed by atoms with E-state index in [4.69, 9.17) is 16.2 Å². The number of pyridine rings is 2. The molecule has 0 unspecified atom stereocenters. The molecule has 0 aliphatic carbocycles. The van der Waals surface area contributed by atoms with Crippen molar-refractivity contribution in [3.63, 3.8) is 0 Å². The summed E-state index contributed by atoms with van der Waals surface area (Å²) >= 11 is 0. The fraction of sp³-hybridized carbons (Fsp3) is 0.304. The van der Waals surface area contributed by atoms with Crippen molar-refractivity contribution in [1.82, 2.24) is 0 Å². The van der Waals surface area contributed by atoms with Gasteiger partial charge in [0.05, 0.1) is 4.90 Å². The van der Waals surface area contributed by atoms with Gasteiger partial charge in [0, 0.05) is 24.3 Å². The number of nitrogens with two attached hydrogens (primary N) is 2. The Labute approximate surface area is 210 Å². The molecule has 3 rings (SSSR count). The number of halogens is 1. The molecule has 5 N–H and O–H groups in total. The molecule has 0 aliphatic heterocycles. The van der Waals surface area contributed by atoms with Crippen LogP contribution in [0.1, 0.15) is 44.4 Å². The van der Waals surface area contributed by atoms with Crippen molar-refractivity contribution in [2.75, 3.05) is 11.7 Å². The third-order valence-corrected chi connectivity index (χ3v) is 4.50. The highest BCUT2D eigenvalue weighted by Gasteiger charge is 2.15. The van der Waals surface area contributed by atoms with Gasteiger partial charge in [0.15, 0.2) is 24.8 Å². The zero-order valence-electron chi connectivity index (χ0n) is 20.0. The standard InChI is InChI=1S/C9H12O3S.2C5H7N2.2C2H6.HI/c1-6-4-7(2)9(8(3)5-6)13(10,11)12;2*6-7-4-2-1-3-5-7;2*1-2;/h4-5H,1-3H3,(H,10,11,12);2*1-5H,6H2;2*1-2H3;1H/q;2*+1;;;/p-1. The SMILES string of the molecule is CC.CC.Cc1cc(C)c(S(=O)(=O)O)c(C)c1.N[n+]1ccccc1.N[n+]1ccccc1.[I-]. The highest BCUT2D eigenvalue weighted by molar-refractivity contribution is 7.86. The average molecular weight is 578 g/mol. The van der Waals surface area contributed by atoms with Crippen LogP contribution in [0.25, 0.3) is 0 Å². The van der Waals surface area contributed by atoms with Crippen LogP contribution in [0.3, 0.4) is 0 Å². The van der Waals surface area contributed by atoms with Crippen LogP contribution < -0.4 is 45.0 Å². The van der Waals surface area contributed by atoms with E-state index >= 15 is 0 Å². The average Bonchev–Trinajstić information content (AvgIpc) is 2.71. The van der Waals surface area contributed by atoms with Gasteiger partial charge in [0.1, 0.15) is 0 Å². The van der Waals surface area contributed by atoms with Crippen LogP contribution >= 0.6 is 0 Å². The van der Waals surface area contributed by atoms with Gasteiger partial charge in [-0.1, -0.05) is 66.9 Å². The summed E-state index contributed by atoms with van der Waals surface area (Å²) in [5, 5.41) is 0. The van der Waals surface area contributed by atoms with Crippen molar-refractivity contribution in [2.45, 2.75) is 53.4 Å². The lowest BCUT2D eigenvalue weighted by atomic mass is 10.1. The Morgan fingerprint density at radius 3 is 1.16 bits per heavy atom. The minimum Gasteiger partial charge on any atom is -1.00 e. The van der Waals surface area contributed by atoms with E-state index in [1.54, 1.807) is 50.8 Å². The van der Waals surface area contributed by atoms with Crippen LogP contribution in [-0.2, 0) is 10.1 Å². The summed E-state index contributed by atoms with van der Waals surface area (Å²) in [6, 6.07) is 14.8.